The lowest BCUT2D eigenvalue weighted by Gasteiger charge is -2.31. The molecule has 2 heterocycles. The van der Waals surface area contributed by atoms with Crippen LogP contribution in [0.5, 0.6) is 0 Å². The van der Waals surface area contributed by atoms with Crippen molar-refractivity contribution in [3.05, 3.63) is 102 Å². The minimum atomic E-state index is -0.858. The smallest absolute Gasteiger partial charge is 0.408 e. The number of hydrogen-bond donors (Lipinski definition) is 3. The lowest BCUT2D eigenvalue weighted by Crippen LogP contribution is -2.50. The van der Waals surface area contributed by atoms with Gasteiger partial charge in [0.25, 0.3) is 0 Å². The van der Waals surface area contributed by atoms with Gasteiger partial charge in [0.2, 0.25) is 5.91 Å². The Kier molecular flexibility index (Phi) is 13.5. The lowest BCUT2D eigenvalue weighted by atomic mass is 10.1. The van der Waals surface area contributed by atoms with Crippen molar-refractivity contribution >= 4 is 43.1 Å². The minimum Gasteiger partial charge on any atom is -0.445 e. The van der Waals surface area contributed by atoms with E-state index in [1.165, 1.54) is 12.1 Å². The molecule has 272 valence electrons. The molecule has 3 aromatic carbocycles. The Labute approximate surface area is 305 Å². The molecule has 0 spiro atoms. The molecule has 13 heteroatoms. The van der Waals surface area contributed by atoms with Crippen LogP contribution in [0.1, 0.15) is 57.0 Å². The van der Waals surface area contributed by atoms with E-state index in [-0.39, 0.29) is 38.4 Å². The van der Waals surface area contributed by atoms with Gasteiger partial charge in [-0.05, 0) is 88.9 Å². The first kappa shape index (κ1) is 38.8. The highest BCUT2D eigenvalue weighted by Gasteiger charge is 2.32. The van der Waals surface area contributed by atoms with Gasteiger partial charge in [0.15, 0.2) is 0 Å². The number of imidazole rings is 1. The summed E-state index contributed by atoms with van der Waals surface area (Å²) in [5, 5.41) is 9.01. The van der Waals surface area contributed by atoms with Crippen molar-refractivity contribution in [2.45, 2.75) is 78.3 Å². The average Bonchev–Trinajstić information content (AvgIpc) is 3.44. The molecule has 0 fully saturated rings. The summed E-state index contributed by atoms with van der Waals surface area (Å²) in [6.07, 6.45) is 0.255. The van der Waals surface area contributed by atoms with E-state index in [1.807, 2.05) is 66.1 Å². The molecule has 11 nitrogen and oxygen atoms in total. The molecule has 3 N–H and O–H groups in total. The van der Waals surface area contributed by atoms with Crippen LogP contribution in [-0.2, 0) is 34.0 Å². The number of aryl methyl sites for hydroxylation is 1. The van der Waals surface area contributed by atoms with E-state index in [0.29, 0.717) is 50.4 Å². The maximum atomic E-state index is 14.0. The topological polar surface area (TPSA) is 127 Å². The number of nitrogens with one attached hydrogen (secondary N) is 3. The van der Waals surface area contributed by atoms with Crippen molar-refractivity contribution in [1.29, 1.82) is 0 Å². The fourth-order valence-electron chi connectivity index (χ4n) is 5.59. The molecule has 1 aromatic heterocycles. The number of nitrogens with zero attached hydrogens (tertiary/aromatic N) is 3. The van der Waals surface area contributed by atoms with Crippen LogP contribution in [0.3, 0.4) is 0 Å². The average molecular weight is 719 g/mol. The Balaban J connectivity index is 0.00000583. The van der Waals surface area contributed by atoms with E-state index in [2.05, 4.69) is 16.0 Å². The number of benzene rings is 3. The molecule has 0 aliphatic carbocycles. The van der Waals surface area contributed by atoms with Gasteiger partial charge in [0.05, 0.1) is 6.54 Å². The largest absolute Gasteiger partial charge is 0.445 e. The SMILES string of the molecule is Cc1ccc(Nc2c(-c3ccc(F)cc3)nc3n2CCN(C(=O)[C@H](CCCCNC(=O)OC(C)(C)C)NC(=O)OCc2ccccc2)C3)cc1.S. The predicted octanol–water partition coefficient (Wildman–Crippen LogP) is 7.19. The van der Waals surface area contributed by atoms with Gasteiger partial charge in [-0.1, -0.05) is 48.0 Å². The summed E-state index contributed by atoms with van der Waals surface area (Å²) in [7, 11) is 0. The quantitative estimate of drug-likeness (QED) is 0.133. The molecule has 1 aliphatic heterocycles. The number of unbranched alkanes of at least 4 members (excludes halogenated alkanes) is 1. The number of alkyl carbamates (subject to hydrolysis) is 2. The third-order valence-electron chi connectivity index (χ3n) is 8.11. The summed E-state index contributed by atoms with van der Waals surface area (Å²) in [6, 6.07) is 22.6. The third-order valence-corrected chi connectivity index (χ3v) is 8.11. The molecule has 0 unspecified atom stereocenters. The van der Waals surface area contributed by atoms with Crippen LogP contribution in [0.15, 0.2) is 78.9 Å². The molecule has 3 amide bonds. The number of halogens is 1. The van der Waals surface area contributed by atoms with E-state index < -0.39 is 23.8 Å². The highest BCUT2D eigenvalue weighted by atomic mass is 32.1. The fraction of sp³-hybridized carbons (Fsp3) is 0.368. The second-order valence-corrected chi connectivity index (χ2v) is 13.3. The maximum Gasteiger partial charge on any atom is 0.408 e. The van der Waals surface area contributed by atoms with Crippen molar-refractivity contribution < 1.29 is 28.2 Å². The van der Waals surface area contributed by atoms with E-state index in [0.717, 1.165) is 28.2 Å². The van der Waals surface area contributed by atoms with E-state index in [1.54, 1.807) is 37.8 Å². The fourth-order valence-corrected chi connectivity index (χ4v) is 5.59. The molecular formula is C38H47FN6O5S. The van der Waals surface area contributed by atoms with Gasteiger partial charge in [0.1, 0.15) is 41.4 Å². The van der Waals surface area contributed by atoms with Gasteiger partial charge in [-0.15, -0.1) is 0 Å². The summed E-state index contributed by atoms with van der Waals surface area (Å²) >= 11 is 0. The maximum absolute atomic E-state index is 14.0. The highest BCUT2D eigenvalue weighted by molar-refractivity contribution is 7.59. The summed E-state index contributed by atoms with van der Waals surface area (Å²) in [5.74, 6) is 0.807. The number of ether oxygens (including phenoxy) is 2. The van der Waals surface area contributed by atoms with E-state index in [9.17, 15) is 18.8 Å². The van der Waals surface area contributed by atoms with Gasteiger partial charge in [-0.25, -0.2) is 19.0 Å². The number of aromatic nitrogens is 2. The first-order valence-electron chi connectivity index (χ1n) is 16.9. The number of hydrogen-bond acceptors (Lipinski definition) is 7. The summed E-state index contributed by atoms with van der Waals surface area (Å²) in [4.78, 5) is 45.6. The van der Waals surface area contributed by atoms with Crippen molar-refractivity contribution in [2.24, 2.45) is 0 Å². The number of rotatable bonds is 12. The molecule has 4 aromatic rings. The van der Waals surface area contributed by atoms with Crippen molar-refractivity contribution in [3.63, 3.8) is 0 Å². The molecule has 1 aliphatic rings. The zero-order chi connectivity index (χ0) is 35.7. The molecule has 51 heavy (non-hydrogen) atoms. The Morgan fingerprint density at radius 3 is 2.31 bits per heavy atom. The Hall–Kier alpha value is -5.04. The summed E-state index contributed by atoms with van der Waals surface area (Å²) < 4.78 is 26.6. The van der Waals surface area contributed by atoms with Crippen molar-refractivity contribution in [3.8, 4) is 11.3 Å². The number of anilines is 2. The molecule has 0 saturated carbocycles. The number of fused-ring (bicyclic) bond motifs is 1. The van der Waals surface area contributed by atoms with Crippen LogP contribution in [0, 0.1) is 12.7 Å². The van der Waals surface area contributed by atoms with E-state index in [4.69, 9.17) is 14.5 Å². The van der Waals surface area contributed by atoms with Crippen LogP contribution in [0.2, 0.25) is 0 Å². The van der Waals surface area contributed by atoms with Crippen LogP contribution >= 0.6 is 13.5 Å². The first-order chi connectivity index (χ1) is 23.9. The second-order valence-electron chi connectivity index (χ2n) is 13.3. The molecule has 5 rings (SSSR count). The van der Waals surface area contributed by atoms with Gasteiger partial charge >= 0.3 is 12.2 Å². The van der Waals surface area contributed by atoms with Gasteiger partial charge in [-0.2, -0.15) is 13.5 Å². The highest BCUT2D eigenvalue weighted by Crippen LogP contribution is 2.33. The second kappa shape index (κ2) is 17.8. The number of carbonyl (C=O) groups is 3. The van der Waals surface area contributed by atoms with Gasteiger partial charge in [-0.3, -0.25) is 4.79 Å². The Morgan fingerprint density at radius 2 is 1.63 bits per heavy atom. The Morgan fingerprint density at radius 1 is 0.922 bits per heavy atom. The first-order valence-corrected chi connectivity index (χ1v) is 16.9. The van der Waals surface area contributed by atoms with Crippen molar-refractivity contribution in [2.75, 3.05) is 18.4 Å². The van der Waals surface area contributed by atoms with Crippen LogP contribution in [-0.4, -0.2) is 57.3 Å². The van der Waals surface area contributed by atoms with Crippen LogP contribution in [0.25, 0.3) is 11.3 Å². The summed E-state index contributed by atoms with van der Waals surface area (Å²) in [5.41, 5.74) is 3.61. The number of amides is 3. The van der Waals surface area contributed by atoms with Gasteiger partial charge in [0, 0.05) is 30.9 Å². The van der Waals surface area contributed by atoms with Crippen LogP contribution < -0.4 is 16.0 Å². The molecule has 0 radical (unpaired) electrons. The van der Waals surface area contributed by atoms with Gasteiger partial charge < -0.3 is 34.9 Å². The van der Waals surface area contributed by atoms with E-state index >= 15 is 0 Å². The zero-order valence-electron chi connectivity index (χ0n) is 29.5. The molecule has 0 bridgehead atoms. The van der Waals surface area contributed by atoms with Crippen LogP contribution in [0.4, 0.5) is 25.5 Å². The number of carbonyl (C=O) groups excluding carboxylic acids is 3. The predicted molar refractivity (Wildman–Crippen MR) is 200 cm³/mol. The Bertz CT molecular complexity index is 1760. The monoisotopic (exact) mass is 718 g/mol. The normalized spacial score (nSPS) is 12.9. The third kappa shape index (κ3) is 11.2. The molecular weight excluding hydrogens is 672 g/mol. The molecule has 0 saturated heterocycles. The summed E-state index contributed by atoms with van der Waals surface area (Å²) in [6.45, 7) is 8.87. The van der Waals surface area contributed by atoms with Crippen molar-refractivity contribution in [1.82, 2.24) is 25.1 Å². The minimum absolute atomic E-state index is 0. The zero-order valence-corrected chi connectivity index (χ0v) is 30.5. The lowest BCUT2D eigenvalue weighted by molar-refractivity contribution is -0.135. The molecule has 1 atom stereocenters. The standard InChI is InChI=1S/C38H45FN6O5.H2S/c1-26-13-19-30(20-14-26)41-34-33(28-15-17-29(39)18-16-28)43-32-24-44(22-23-45(32)34)35(46)31(12-8-9-21-40-36(47)50-38(2,3)4)42-37(48)49-25-27-10-6-5-7-11-27;/h5-7,10-11,13-20,31,41H,8-9,12,21-25H2,1-4H3,(H,40,47)(H,42,48);1H2/t31-;/m0./s1.